The molecule has 1 aliphatic rings. The number of hydrazine groups is 1. The third-order valence-corrected chi connectivity index (χ3v) is 3.24. The van der Waals surface area contributed by atoms with E-state index in [2.05, 4.69) is 26.1 Å². The smallest absolute Gasteiger partial charge is 0.254 e. The molecule has 6 nitrogen and oxygen atoms in total. The van der Waals surface area contributed by atoms with Crippen LogP contribution in [0, 0.1) is 0 Å². The molecule has 3 N–H and O–H groups in total. The Kier molecular flexibility index (Phi) is 3.67. The second-order valence-electron chi connectivity index (χ2n) is 4.63. The average molecular weight is 269 g/mol. The van der Waals surface area contributed by atoms with Gasteiger partial charge in [-0.15, -0.1) is 0 Å². The number of aromatic nitrogens is 2. The standard InChI is InChI=1S/C14H15N5O/c20-14(11-2-1-5-16-9-11)17-13-8-12(18-19-13)10-3-6-15-7-4-10/h1-7,9,12-13,18-19H,8H2,(H,17,20). The van der Waals surface area contributed by atoms with Gasteiger partial charge in [0.25, 0.3) is 5.91 Å². The molecule has 0 saturated carbocycles. The van der Waals surface area contributed by atoms with E-state index < -0.39 is 0 Å². The Morgan fingerprint density at radius 3 is 2.75 bits per heavy atom. The zero-order valence-electron chi connectivity index (χ0n) is 10.8. The first-order valence-electron chi connectivity index (χ1n) is 6.45. The van der Waals surface area contributed by atoms with Crippen molar-refractivity contribution in [3.63, 3.8) is 0 Å². The van der Waals surface area contributed by atoms with Gasteiger partial charge in [-0.3, -0.25) is 14.8 Å². The molecule has 20 heavy (non-hydrogen) atoms. The minimum Gasteiger partial charge on any atom is -0.335 e. The molecule has 1 aliphatic heterocycles. The predicted molar refractivity (Wildman–Crippen MR) is 73.4 cm³/mol. The lowest BCUT2D eigenvalue weighted by atomic mass is 10.1. The second-order valence-corrected chi connectivity index (χ2v) is 4.63. The van der Waals surface area contributed by atoms with Crippen LogP contribution >= 0.6 is 0 Å². The fraction of sp³-hybridized carbons (Fsp3) is 0.214. The van der Waals surface area contributed by atoms with Gasteiger partial charge in [-0.25, -0.2) is 10.9 Å². The van der Waals surface area contributed by atoms with Crippen molar-refractivity contribution in [2.24, 2.45) is 0 Å². The number of pyridine rings is 2. The molecule has 2 atom stereocenters. The van der Waals surface area contributed by atoms with Crippen molar-refractivity contribution in [2.45, 2.75) is 18.6 Å². The lowest BCUT2D eigenvalue weighted by Crippen LogP contribution is -2.44. The molecule has 3 rings (SSSR count). The molecule has 0 bridgehead atoms. The van der Waals surface area contributed by atoms with Crippen molar-refractivity contribution in [3.8, 4) is 0 Å². The van der Waals surface area contributed by atoms with Gasteiger partial charge in [-0.1, -0.05) is 0 Å². The zero-order valence-corrected chi connectivity index (χ0v) is 10.8. The average Bonchev–Trinajstić information content (AvgIpc) is 2.97. The summed E-state index contributed by atoms with van der Waals surface area (Å²) in [6.07, 6.45) is 7.39. The van der Waals surface area contributed by atoms with E-state index in [1.165, 1.54) is 0 Å². The molecular formula is C14H15N5O. The number of amides is 1. The molecular weight excluding hydrogens is 254 g/mol. The second kappa shape index (κ2) is 5.77. The summed E-state index contributed by atoms with van der Waals surface area (Å²) in [7, 11) is 0. The molecule has 2 aromatic rings. The minimum atomic E-state index is -0.132. The molecule has 0 aromatic carbocycles. The molecule has 0 aliphatic carbocycles. The zero-order chi connectivity index (χ0) is 13.8. The number of carbonyl (C=O) groups is 1. The third-order valence-electron chi connectivity index (χ3n) is 3.24. The highest BCUT2D eigenvalue weighted by atomic mass is 16.1. The summed E-state index contributed by atoms with van der Waals surface area (Å²) >= 11 is 0. The van der Waals surface area contributed by atoms with E-state index >= 15 is 0 Å². The van der Waals surface area contributed by atoms with E-state index in [-0.39, 0.29) is 18.1 Å². The summed E-state index contributed by atoms with van der Waals surface area (Å²) in [4.78, 5) is 20.0. The first kappa shape index (κ1) is 12.7. The topological polar surface area (TPSA) is 78.9 Å². The summed E-state index contributed by atoms with van der Waals surface area (Å²) < 4.78 is 0. The van der Waals surface area contributed by atoms with Crippen LogP contribution in [0.3, 0.4) is 0 Å². The van der Waals surface area contributed by atoms with Crippen molar-refractivity contribution in [1.82, 2.24) is 26.1 Å². The van der Waals surface area contributed by atoms with Gasteiger partial charge in [-0.2, -0.15) is 0 Å². The molecule has 0 spiro atoms. The maximum Gasteiger partial charge on any atom is 0.254 e. The first-order chi connectivity index (χ1) is 9.83. The van der Waals surface area contributed by atoms with Crippen LogP contribution < -0.4 is 16.2 Å². The minimum absolute atomic E-state index is 0.110. The van der Waals surface area contributed by atoms with Gasteiger partial charge in [0.15, 0.2) is 0 Å². The molecule has 2 unspecified atom stereocenters. The summed E-state index contributed by atoms with van der Waals surface area (Å²) in [5.41, 5.74) is 7.96. The maximum absolute atomic E-state index is 12.0. The summed E-state index contributed by atoms with van der Waals surface area (Å²) in [6.45, 7) is 0. The third kappa shape index (κ3) is 2.81. The fourth-order valence-corrected chi connectivity index (χ4v) is 2.20. The number of nitrogens with one attached hydrogen (secondary N) is 3. The summed E-state index contributed by atoms with van der Waals surface area (Å²) in [5, 5.41) is 2.93. The SMILES string of the molecule is O=C(NC1CC(c2ccncc2)NN1)c1cccnc1. The van der Waals surface area contributed by atoms with Gasteiger partial charge < -0.3 is 5.32 Å². The van der Waals surface area contributed by atoms with E-state index in [1.807, 2.05) is 12.1 Å². The first-order valence-corrected chi connectivity index (χ1v) is 6.45. The van der Waals surface area contributed by atoms with Crippen LogP contribution in [0.2, 0.25) is 0 Å². The largest absolute Gasteiger partial charge is 0.335 e. The van der Waals surface area contributed by atoms with E-state index in [0.29, 0.717) is 5.56 Å². The monoisotopic (exact) mass is 269 g/mol. The van der Waals surface area contributed by atoms with E-state index in [1.54, 1.807) is 36.9 Å². The van der Waals surface area contributed by atoms with Crippen LogP contribution in [0.15, 0.2) is 49.1 Å². The van der Waals surface area contributed by atoms with Crippen LogP contribution in [0.4, 0.5) is 0 Å². The molecule has 2 aromatic heterocycles. The Morgan fingerprint density at radius 1 is 1.15 bits per heavy atom. The van der Waals surface area contributed by atoms with Crippen molar-refractivity contribution >= 4 is 5.91 Å². The lowest BCUT2D eigenvalue weighted by molar-refractivity contribution is 0.0932. The molecule has 1 amide bonds. The predicted octanol–water partition coefficient (Wildman–Crippen LogP) is 0.772. The highest BCUT2D eigenvalue weighted by molar-refractivity contribution is 5.93. The Hall–Kier alpha value is -2.31. The van der Waals surface area contributed by atoms with Crippen LogP contribution in [0.25, 0.3) is 0 Å². The van der Waals surface area contributed by atoms with Crippen molar-refractivity contribution in [2.75, 3.05) is 0 Å². The molecule has 3 heterocycles. The Labute approximate surface area is 116 Å². The van der Waals surface area contributed by atoms with E-state index in [9.17, 15) is 4.79 Å². The highest BCUT2D eigenvalue weighted by Gasteiger charge is 2.26. The number of hydrogen-bond acceptors (Lipinski definition) is 5. The van der Waals surface area contributed by atoms with Gasteiger partial charge >= 0.3 is 0 Å². The van der Waals surface area contributed by atoms with Gasteiger partial charge in [0.2, 0.25) is 0 Å². The summed E-state index contributed by atoms with van der Waals surface area (Å²) in [6, 6.07) is 7.58. The molecule has 1 saturated heterocycles. The summed E-state index contributed by atoms with van der Waals surface area (Å²) in [5.74, 6) is -0.132. The lowest BCUT2D eigenvalue weighted by Gasteiger charge is -2.11. The number of rotatable bonds is 3. The fourth-order valence-electron chi connectivity index (χ4n) is 2.20. The molecule has 6 heteroatoms. The van der Waals surface area contributed by atoms with Gasteiger partial charge in [0, 0.05) is 37.3 Å². The van der Waals surface area contributed by atoms with Crippen LogP contribution in [-0.2, 0) is 0 Å². The normalized spacial score (nSPS) is 21.6. The quantitative estimate of drug-likeness (QED) is 0.767. The number of nitrogens with zero attached hydrogens (tertiary/aromatic N) is 2. The van der Waals surface area contributed by atoms with Gasteiger partial charge in [0.05, 0.1) is 11.7 Å². The van der Waals surface area contributed by atoms with E-state index in [0.717, 1.165) is 12.0 Å². The van der Waals surface area contributed by atoms with Gasteiger partial charge in [-0.05, 0) is 29.8 Å². The van der Waals surface area contributed by atoms with Crippen LogP contribution in [-0.4, -0.2) is 22.0 Å². The molecule has 1 fully saturated rings. The Bertz CT molecular complexity index is 575. The Morgan fingerprint density at radius 2 is 2.00 bits per heavy atom. The molecule has 102 valence electrons. The molecule has 0 radical (unpaired) electrons. The van der Waals surface area contributed by atoms with Crippen molar-refractivity contribution < 1.29 is 4.79 Å². The maximum atomic E-state index is 12.0. The number of carbonyl (C=O) groups excluding carboxylic acids is 1. The van der Waals surface area contributed by atoms with Crippen LogP contribution in [0.5, 0.6) is 0 Å². The van der Waals surface area contributed by atoms with Crippen LogP contribution in [0.1, 0.15) is 28.4 Å². The van der Waals surface area contributed by atoms with Crippen molar-refractivity contribution in [1.29, 1.82) is 0 Å². The van der Waals surface area contributed by atoms with E-state index in [4.69, 9.17) is 0 Å². The van der Waals surface area contributed by atoms with Crippen molar-refractivity contribution in [3.05, 3.63) is 60.2 Å². The highest BCUT2D eigenvalue weighted by Crippen LogP contribution is 2.20. The van der Waals surface area contributed by atoms with Gasteiger partial charge in [0.1, 0.15) is 0 Å². The number of hydrogen-bond donors (Lipinski definition) is 3. The Balaban J connectivity index is 1.60.